The van der Waals surface area contributed by atoms with Crippen LogP contribution >= 0.6 is 0 Å². The van der Waals surface area contributed by atoms with Gasteiger partial charge in [-0.1, -0.05) is 0 Å². The second-order valence-corrected chi connectivity index (χ2v) is 4.00. The standard InChI is InChI=1S/C13H13N5O/c1-19-12-3-2-9(7-16-12)11-8-17-13-10(6-14)15-4-5-18(11)13/h2-5,7-8H,6,14H2,1H3. The number of imidazole rings is 1. The van der Waals surface area contributed by atoms with Crippen molar-refractivity contribution >= 4 is 5.65 Å². The smallest absolute Gasteiger partial charge is 0.212 e. The number of ether oxygens (including phenoxy) is 1. The fourth-order valence-electron chi connectivity index (χ4n) is 1.98. The van der Waals surface area contributed by atoms with Crippen molar-refractivity contribution in [1.29, 1.82) is 0 Å². The van der Waals surface area contributed by atoms with Gasteiger partial charge in [0.25, 0.3) is 0 Å². The number of pyridine rings is 1. The highest BCUT2D eigenvalue weighted by Gasteiger charge is 2.09. The molecule has 0 saturated heterocycles. The number of rotatable bonds is 3. The third-order valence-corrected chi connectivity index (χ3v) is 2.94. The van der Waals surface area contributed by atoms with Crippen molar-refractivity contribution in [2.24, 2.45) is 5.73 Å². The van der Waals surface area contributed by atoms with E-state index in [1.807, 2.05) is 22.7 Å². The van der Waals surface area contributed by atoms with E-state index in [1.165, 1.54) is 0 Å². The Morgan fingerprint density at radius 3 is 2.79 bits per heavy atom. The van der Waals surface area contributed by atoms with Gasteiger partial charge >= 0.3 is 0 Å². The van der Waals surface area contributed by atoms with E-state index >= 15 is 0 Å². The topological polar surface area (TPSA) is 78.3 Å². The van der Waals surface area contributed by atoms with Gasteiger partial charge < -0.3 is 10.5 Å². The minimum atomic E-state index is 0.363. The lowest BCUT2D eigenvalue weighted by atomic mass is 10.2. The van der Waals surface area contributed by atoms with E-state index < -0.39 is 0 Å². The number of fused-ring (bicyclic) bond motifs is 1. The molecule has 0 aliphatic heterocycles. The first-order valence-electron chi connectivity index (χ1n) is 5.85. The normalized spacial score (nSPS) is 10.8. The van der Waals surface area contributed by atoms with Gasteiger partial charge in [-0.25, -0.2) is 9.97 Å². The highest BCUT2D eigenvalue weighted by atomic mass is 16.5. The summed E-state index contributed by atoms with van der Waals surface area (Å²) < 4.78 is 7.01. The predicted molar refractivity (Wildman–Crippen MR) is 70.7 cm³/mol. The number of hydrogen-bond acceptors (Lipinski definition) is 5. The van der Waals surface area contributed by atoms with Crippen LogP contribution in [0.3, 0.4) is 0 Å². The van der Waals surface area contributed by atoms with Crippen LogP contribution in [0.5, 0.6) is 5.88 Å². The van der Waals surface area contributed by atoms with Crippen molar-refractivity contribution in [3.63, 3.8) is 0 Å². The lowest BCUT2D eigenvalue weighted by Gasteiger charge is -2.04. The zero-order valence-electron chi connectivity index (χ0n) is 10.4. The summed E-state index contributed by atoms with van der Waals surface area (Å²) in [6, 6.07) is 3.76. The molecule has 19 heavy (non-hydrogen) atoms. The summed E-state index contributed by atoms with van der Waals surface area (Å²) in [4.78, 5) is 12.8. The maximum Gasteiger partial charge on any atom is 0.212 e. The molecule has 0 amide bonds. The highest BCUT2D eigenvalue weighted by molar-refractivity contribution is 5.63. The Hall–Kier alpha value is -2.47. The van der Waals surface area contributed by atoms with Gasteiger partial charge in [-0.05, 0) is 6.07 Å². The first-order valence-corrected chi connectivity index (χ1v) is 5.85. The molecule has 0 fully saturated rings. The summed E-state index contributed by atoms with van der Waals surface area (Å²) in [5.41, 5.74) is 9.11. The second kappa shape index (κ2) is 4.66. The largest absolute Gasteiger partial charge is 0.481 e. The van der Waals surface area contributed by atoms with Crippen LogP contribution < -0.4 is 10.5 Å². The Morgan fingerprint density at radius 1 is 1.21 bits per heavy atom. The number of hydrogen-bond donors (Lipinski definition) is 1. The van der Waals surface area contributed by atoms with Crippen LogP contribution in [-0.4, -0.2) is 26.5 Å². The van der Waals surface area contributed by atoms with Crippen LogP contribution in [0.15, 0.2) is 36.9 Å². The zero-order chi connectivity index (χ0) is 13.2. The van der Waals surface area contributed by atoms with Crippen molar-refractivity contribution in [3.8, 4) is 17.1 Å². The van der Waals surface area contributed by atoms with Gasteiger partial charge in [0, 0.05) is 36.8 Å². The molecular formula is C13H13N5O. The van der Waals surface area contributed by atoms with Crippen LogP contribution in [0.25, 0.3) is 16.9 Å². The SMILES string of the molecule is COc1ccc(-c2cnc3c(CN)nccn23)cn1. The summed E-state index contributed by atoms with van der Waals surface area (Å²) in [5, 5.41) is 0. The van der Waals surface area contributed by atoms with E-state index in [1.54, 1.807) is 25.7 Å². The minimum Gasteiger partial charge on any atom is -0.481 e. The zero-order valence-corrected chi connectivity index (χ0v) is 10.4. The molecule has 0 atom stereocenters. The molecule has 0 saturated carbocycles. The van der Waals surface area contributed by atoms with Crippen LogP contribution in [0, 0.1) is 0 Å². The first-order chi connectivity index (χ1) is 9.33. The fourth-order valence-corrected chi connectivity index (χ4v) is 1.98. The summed E-state index contributed by atoms with van der Waals surface area (Å²) in [6.45, 7) is 0.363. The number of aromatic nitrogens is 4. The fraction of sp³-hybridized carbons (Fsp3) is 0.154. The van der Waals surface area contributed by atoms with Gasteiger partial charge in [-0.3, -0.25) is 9.38 Å². The lowest BCUT2D eigenvalue weighted by Crippen LogP contribution is -2.03. The van der Waals surface area contributed by atoms with E-state index in [0.29, 0.717) is 12.4 Å². The molecule has 0 spiro atoms. The molecule has 6 heteroatoms. The van der Waals surface area contributed by atoms with E-state index in [2.05, 4.69) is 15.0 Å². The first kappa shape index (κ1) is 11.6. The third-order valence-electron chi connectivity index (χ3n) is 2.94. The molecule has 0 bridgehead atoms. The maximum atomic E-state index is 5.66. The second-order valence-electron chi connectivity index (χ2n) is 4.00. The summed E-state index contributed by atoms with van der Waals surface area (Å²) in [7, 11) is 1.59. The Morgan fingerprint density at radius 2 is 2.11 bits per heavy atom. The molecule has 0 radical (unpaired) electrons. The van der Waals surface area contributed by atoms with Crippen molar-refractivity contribution in [2.75, 3.05) is 7.11 Å². The summed E-state index contributed by atoms with van der Waals surface area (Å²) in [5.74, 6) is 0.585. The van der Waals surface area contributed by atoms with Gasteiger partial charge in [0.1, 0.15) is 0 Å². The molecule has 2 N–H and O–H groups in total. The van der Waals surface area contributed by atoms with Crippen LogP contribution in [-0.2, 0) is 6.54 Å². The molecule has 96 valence electrons. The molecule has 3 aromatic heterocycles. The number of nitrogens with two attached hydrogens (primary N) is 1. The van der Waals surface area contributed by atoms with Crippen LogP contribution in [0.4, 0.5) is 0 Å². The molecular weight excluding hydrogens is 242 g/mol. The van der Waals surface area contributed by atoms with Crippen LogP contribution in [0.1, 0.15) is 5.69 Å². The Bertz CT molecular complexity index is 705. The highest BCUT2D eigenvalue weighted by Crippen LogP contribution is 2.22. The molecule has 0 aliphatic rings. The van der Waals surface area contributed by atoms with Gasteiger partial charge in [-0.2, -0.15) is 0 Å². The molecule has 0 unspecified atom stereocenters. The van der Waals surface area contributed by atoms with E-state index in [-0.39, 0.29) is 0 Å². The Kier molecular flexibility index (Phi) is 2.85. The molecule has 3 rings (SSSR count). The van der Waals surface area contributed by atoms with Gasteiger partial charge in [0.2, 0.25) is 5.88 Å². The van der Waals surface area contributed by atoms with Crippen molar-refractivity contribution in [1.82, 2.24) is 19.4 Å². The monoisotopic (exact) mass is 255 g/mol. The van der Waals surface area contributed by atoms with Gasteiger partial charge in [-0.15, -0.1) is 0 Å². The molecule has 3 heterocycles. The van der Waals surface area contributed by atoms with Crippen molar-refractivity contribution in [3.05, 3.63) is 42.6 Å². The summed E-state index contributed by atoms with van der Waals surface area (Å²) in [6.07, 6.45) is 7.13. The lowest BCUT2D eigenvalue weighted by molar-refractivity contribution is 0.398. The molecule has 6 nitrogen and oxygen atoms in total. The third kappa shape index (κ3) is 1.92. The molecule has 0 aromatic carbocycles. The van der Waals surface area contributed by atoms with Crippen LogP contribution in [0.2, 0.25) is 0 Å². The minimum absolute atomic E-state index is 0.363. The van der Waals surface area contributed by atoms with Gasteiger partial charge in [0.15, 0.2) is 5.65 Å². The van der Waals surface area contributed by atoms with E-state index in [0.717, 1.165) is 22.6 Å². The van der Waals surface area contributed by atoms with E-state index in [9.17, 15) is 0 Å². The predicted octanol–water partition coefficient (Wildman–Crippen LogP) is 1.26. The number of methoxy groups -OCH3 is 1. The summed E-state index contributed by atoms with van der Waals surface area (Å²) >= 11 is 0. The average Bonchev–Trinajstić information content (AvgIpc) is 2.91. The van der Waals surface area contributed by atoms with Gasteiger partial charge in [0.05, 0.1) is 24.7 Å². The maximum absolute atomic E-state index is 5.66. The van der Waals surface area contributed by atoms with E-state index in [4.69, 9.17) is 10.5 Å². The average molecular weight is 255 g/mol. The molecule has 3 aromatic rings. The number of nitrogens with zero attached hydrogens (tertiary/aromatic N) is 4. The Balaban J connectivity index is 2.14. The quantitative estimate of drug-likeness (QED) is 0.762. The van der Waals surface area contributed by atoms with Crippen molar-refractivity contribution in [2.45, 2.75) is 6.54 Å². The molecule has 0 aliphatic carbocycles. The Labute approximate surface area is 109 Å². The van der Waals surface area contributed by atoms with Crippen molar-refractivity contribution < 1.29 is 4.74 Å².